The van der Waals surface area contributed by atoms with Crippen LogP contribution in [0.4, 0.5) is 0 Å². The molecule has 5 heteroatoms. The molecule has 0 aliphatic heterocycles. The Morgan fingerprint density at radius 2 is 2.24 bits per heavy atom. The summed E-state index contributed by atoms with van der Waals surface area (Å²) in [7, 11) is 0. The first kappa shape index (κ1) is 12.1. The summed E-state index contributed by atoms with van der Waals surface area (Å²) in [4.78, 5) is 0. The van der Waals surface area contributed by atoms with Gasteiger partial charge in [-0.2, -0.15) is 0 Å². The molecule has 0 saturated heterocycles. The number of hydrogen-bond acceptors (Lipinski definition) is 4. The van der Waals surface area contributed by atoms with Crippen molar-refractivity contribution in [3.8, 4) is 5.75 Å². The fourth-order valence-corrected chi connectivity index (χ4v) is 1.85. The van der Waals surface area contributed by atoms with E-state index >= 15 is 0 Å². The number of nitrogens with zero attached hydrogens (tertiary/aromatic N) is 1. The fraction of sp³-hybridized carbons (Fsp3) is 0.250. The predicted molar refractivity (Wildman–Crippen MR) is 67.6 cm³/mol. The van der Waals surface area contributed by atoms with E-state index in [1.54, 1.807) is 0 Å². The van der Waals surface area contributed by atoms with Crippen LogP contribution in [0.15, 0.2) is 33.3 Å². The average molecular weight is 297 g/mol. The molecule has 1 aromatic carbocycles. The summed E-state index contributed by atoms with van der Waals surface area (Å²) in [5.74, 6) is 1.55. The van der Waals surface area contributed by atoms with Crippen molar-refractivity contribution in [1.82, 2.24) is 5.16 Å². The number of hydrogen-bond donors (Lipinski definition) is 1. The summed E-state index contributed by atoms with van der Waals surface area (Å²) in [6, 6.07) is 7.57. The highest BCUT2D eigenvalue weighted by molar-refractivity contribution is 9.10. The first-order valence-corrected chi connectivity index (χ1v) is 6.02. The molecule has 0 amide bonds. The van der Waals surface area contributed by atoms with E-state index in [0.717, 1.165) is 27.2 Å². The minimum absolute atomic E-state index is 0.392. The minimum Gasteiger partial charge on any atom is -0.487 e. The number of ether oxygens (including phenoxy) is 1. The van der Waals surface area contributed by atoms with E-state index in [1.807, 2.05) is 31.2 Å². The maximum absolute atomic E-state index is 5.62. The van der Waals surface area contributed by atoms with E-state index in [-0.39, 0.29) is 0 Å². The lowest BCUT2D eigenvalue weighted by molar-refractivity contribution is 0.287. The van der Waals surface area contributed by atoms with Gasteiger partial charge in [0.25, 0.3) is 0 Å². The van der Waals surface area contributed by atoms with Crippen LogP contribution in [0.3, 0.4) is 0 Å². The number of aryl methyl sites for hydroxylation is 1. The van der Waals surface area contributed by atoms with Crippen molar-refractivity contribution in [2.75, 3.05) is 0 Å². The van der Waals surface area contributed by atoms with Gasteiger partial charge < -0.3 is 15.0 Å². The zero-order valence-electron chi connectivity index (χ0n) is 9.44. The van der Waals surface area contributed by atoms with Crippen LogP contribution in [-0.2, 0) is 13.2 Å². The van der Waals surface area contributed by atoms with Crippen LogP contribution in [0.1, 0.15) is 17.0 Å². The lowest BCUT2D eigenvalue weighted by atomic mass is 10.2. The molecule has 0 saturated carbocycles. The number of halogens is 1. The van der Waals surface area contributed by atoms with Gasteiger partial charge >= 0.3 is 0 Å². The highest BCUT2D eigenvalue weighted by Crippen LogP contribution is 2.22. The molecule has 17 heavy (non-hydrogen) atoms. The van der Waals surface area contributed by atoms with Gasteiger partial charge in [-0.15, -0.1) is 0 Å². The summed E-state index contributed by atoms with van der Waals surface area (Å²) in [5.41, 5.74) is 7.41. The Hall–Kier alpha value is -1.33. The third kappa shape index (κ3) is 3.08. The number of benzene rings is 1. The van der Waals surface area contributed by atoms with Gasteiger partial charge in [0.1, 0.15) is 23.8 Å². The van der Waals surface area contributed by atoms with Crippen LogP contribution in [0.25, 0.3) is 0 Å². The molecule has 0 fully saturated rings. The molecule has 0 aliphatic rings. The lowest BCUT2D eigenvalue weighted by Crippen LogP contribution is -2.00. The topological polar surface area (TPSA) is 61.3 Å². The van der Waals surface area contributed by atoms with E-state index in [0.29, 0.717) is 13.2 Å². The van der Waals surface area contributed by atoms with Gasteiger partial charge in [-0.1, -0.05) is 21.1 Å². The van der Waals surface area contributed by atoms with Crippen LogP contribution in [0, 0.1) is 6.92 Å². The summed E-state index contributed by atoms with van der Waals surface area (Å²) in [5, 5.41) is 3.86. The normalized spacial score (nSPS) is 10.5. The second kappa shape index (κ2) is 5.33. The molecular formula is C12H13BrN2O2. The van der Waals surface area contributed by atoms with E-state index in [9.17, 15) is 0 Å². The summed E-state index contributed by atoms with van der Waals surface area (Å²) >= 11 is 3.43. The van der Waals surface area contributed by atoms with Crippen LogP contribution >= 0.6 is 15.9 Å². The molecule has 1 aromatic heterocycles. The van der Waals surface area contributed by atoms with Crippen molar-refractivity contribution in [2.24, 2.45) is 5.73 Å². The Bertz CT molecular complexity index is 511. The largest absolute Gasteiger partial charge is 0.487 e. The molecule has 0 aliphatic carbocycles. The molecule has 0 atom stereocenters. The Morgan fingerprint density at radius 1 is 1.41 bits per heavy atom. The summed E-state index contributed by atoms with van der Waals surface area (Å²) in [6.07, 6.45) is 0. The molecule has 2 aromatic rings. The van der Waals surface area contributed by atoms with E-state index in [1.165, 1.54) is 0 Å². The zero-order valence-corrected chi connectivity index (χ0v) is 11.0. The summed E-state index contributed by atoms with van der Waals surface area (Å²) in [6.45, 7) is 2.71. The SMILES string of the molecule is Cc1cc(COc2ccc(Br)c(CN)c2)no1. The lowest BCUT2D eigenvalue weighted by Gasteiger charge is -2.07. The summed E-state index contributed by atoms with van der Waals surface area (Å²) < 4.78 is 11.6. The maximum Gasteiger partial charge on any atom is 0.134 e. The van der Waals surface area contributed by atoms with E-state index in [2.05, 4.69) is 21.1 Å². The number of aromatic nitrogens is 1. The second-order valence-corrected chi connectivity index (χ2v) is 4.53. The van der Waals surface area contributed by atoms with Gasteiger partial charge in [0.15, 0.2) is 0 Å². The predicted octanol–water partition coefficient (Wildman–Crippen LogP) is 2.78. The van der Waals surface area contributed by atoms with Crippen LogP contribution < -0.4 is 10.5 Å². The average Bonchev–Trinajstić information content (AvgIpc) is 2.74. The third-order valence-corrected chi connectivity index (χ3v) is 3.07. The molecule has 4 nitrogen and oxygen atoms in total. The van der Waals surface area contributed by atoms with Crippen LogP contribution in [-0.4, -0.2) is 5.16 Å². The van der Waals surface area contributed by atoms with Gasteiger partial charge in [0.05, 0.1) is 0 Å². The molecule has 0 spiro atoms. The van der Waals surface area contributed by atoms with Crippen molar-refractivity contribution in [3.63, 3.8) is 0 Å². The second-order valence-electron chi connectivity index (χ2n) is 3.67. The molecule has 0 bridgehead atoms. The van der Waals surface area contributed by atoms with Gasteiger partial charge in [0.2, 0.25) is 0 Å². The number of nitrogens with two attached hydrogens (primary N) is 1. The Balaban J connectivity index is 2.04. The first-order chi connectivity index (χ1) is 8.19. The molecule has 0 unspecified atom stereocenters. The van der Waals surface area contributed by atoms with Gasteiger partial charge in [-0.3, -0.25) is 0 Å². The van der Waals surface area contributed by atoms with Crippen molar-refractivity contribution in [3.05, 3.63) is 45.8 Å². The van der Waals surface area contributed by atoms with Crippen molar-refractivity contribution in [2.45, 2.75) is 20.1 Å². The molecule has 1 heterocycles. The quantitative estimate of drug-likeness (QED) is 0.942. The Kier molecular flexibility index (Phi) is 3.81. The monoisotopic (exact) mass is 296 g/mol. The zero-order chi connectivity index (χ0) is 12.3. The number of rotatable bonds is 4. The van der Waals surface area contributed by atoms with Crippen molar-refractivity contribution < 1.29 is 9.26 Å². The molecule has 0 radical (unpaired) electrons. The van der Waals surface area contributed by atoms with E-state index < -0.39 is 0 Å². The van der Waals surface area contributed by atoms with Gasteiger partial charge in [-0.25, -0.2) is 0 Å². The van der Waals surface area contributed by atoms with E-state index in [4.69, 9.17) is 15.0 Å². The third-order valence-electron chi connectivity index (χ3n) is 2.30. The highest BCUT2D eigenvalue weighted by atomic mass is 79.9. The Labute approximate surface area is 108 Å². The minimum atomic E-state index is 0.392. The molecular weight excluding hydrogens is 284 g/mol. The van der Waals surface area contributed by atoms with Gasteiger partial charge in [-0.05, 0) is 30.7 Å². The standard InChI is InChI=1S/C12H13BrN2O2/c1-8-4-10(15-17-8)7-16-11-2-3-12(13)9(5-11)6-14/h2-5H,6-7,14H2,1H3. The Morgan fingerprint density at radius 3 is 2.88 bits per heavy atom. The first-order valence-electron chi connectivity index (χ1n) is 5.22. The van der Waals surface area contributed by atoms with Crippen molar-refractivity contribution >= 4 is 15.9 Å². The molecule has 2 N–H and O–H groups in total. The fourth-order valence-electron chi connectivity index (χ4n) is 1.44. The highest BCUT2D eigenvalue weighted by Gasteiger charge is 2.04. The maximum atomic E-state index is 5.62. The van der Waals surface area contributed by atoms with Gasteiger partial charge in [0, 0.05) is 17.1 Å². The smallest absolute Gasteiger partial charge is 0.134 e. The molecule has 90 valence electrons. The van der Waals surface area contributed by atoms with Crippen LogP contribution in [0.5, 0.6) is 5.75 Å². The van der Waals surface area contributed by atoms with Crippen molar-refractivity contribution in [1.29, 1.82) is 0 Å². The van der Waals surface area contributed by atoms with Crippen LogP contribution in [0.2, 0.25) is 0 Å². The molecule has 2 rings (SSSR count).